The first-order valence-electron chi connectivity index (χ1n) is 6.02. The van der Waals surface area contributed by atoms with Gasteiger partial charge >= 0.3 is 0 Å². The Morgan fingerprint density at radius 3 is 2.35 bits per heavy atom. The second-order valence-electron chi connectivity index (χ2n) is 4.15. The number of hydrogen-bond acceptors (Lipinski definition) is 4. The Labute approximate surface area is 121 Å². The molecule has 0 saturated carbocycles. The van der Waals surface area contributed by atoms with Crippen LogP contribution in [0.25, 0.3) is 0 Å². The molecule has 0 unspecified atom stereocenters. The summed E-state index contributed by atoms with van der Waals surface area (Å²) in [6, 6.07) is 10.3. The zero-order chi connectivity index (χ0) is 14.5. The Bertz CT molecular complexity index is 604. The van der Waals surface area contributed by atoms with Crippen LogP contribution in [0.2, 0.25) is 0 Å². The molecule has 2 aromatic rings. The Morgan fingerprint density at radius 1 is 1.05 bits per heavy atom. The number of anilines is 1. The minimum absolute atomic E-state index is 0.279. The van der Waals surface area contributed by atoms with Crippen molar-refractivity contribution in [1.29, 1.82) is 0 Å². The van der Waals surface area contributed by atoms with E-state index in [1.807, 2.05) is 6.07 Å². The Hall–Kier alpha value is -1.88. The molecular weight excluding hydrogens is 277 g/mol. The summed E-state index contributed by atoms with van der Waals surface area (Å²) in [5.74, 6) is 1.46. The molecule has 0 spiro atoms. The molecule has 2 aromatic carbocycles. The van der Waals surface area contributed by atoms with E-state index in [9.17, 15) is 4.39 Å². The maximum absolute atomic E-state index is 13.8. The van der Waals surface area contributed by atoms with E-state index in [2.05, 4.69) is 0 Å². The third-order valence-corrected chi connectivity index (χ3v) is 3.98. The fourth-order valence-corrected chi connectivity index (χ4v) is 2.67. The molecule has 106 valence electrons. The Morgan fingerprint density at radius 2 is 1.70 bits per heavy atom. The maximum atomic E-state index is 13.8. The van der Waals surface area contributed by atoms with E-state index in [1.165, 1.54) is 24.9 Å². The summed E-state index contributed by atoms with van der Waals surface area (Å²) in [6.07, 6.45) is 0. The van der Waals surface area contributed by atoms with Gasteiger partial charge in [-0.3, -0.25) is 0 Å². The monoisotopic (exact) mass is 293 g/mol. The summed E-state index contributed by atoms with van der Waals surface area (Å²) in [6.45, 7) is 0. The lowest BCUT2D eigenvalue weighted by atomic mass is 10.2. The van der Waals surface area contributed by atoms with Crippen LogP contribution in [0.4, 0.5) is 10.1 Å². The lowest BCUT2D eigenvalue weighted by Crippen LogP contribution is -1.93. The van der Waals surface area contributed by atoms with Crippen LogP contribution in [0.5, 0.6) is 11.5 Å². The first-order valence-corrected chi connectivity index (χ1v) is 7.01. The molecule has 0 aromatic heterocycles. The van der Waals surface area contributed by atoms with E-state index in [1.54, 1.807) is 31.4 Å². The zero-order valence-electron chi connectivity index (χ0n) is 11.4. The molecule has 0 atom stereocenters. The zero-order valence-corrected chi connectivity index (χ0v) is 12.2. The molecule has 2 rings (SSSR count). The van der Waals surface area contributed by atoms with Crippen LogP contribution < -0.4 is 15.2 Å². The molecule has 3 nitrogen and oxygen atoms in total. The second-order valence-corrected chi connectivity index (χ2v) is 5.17. The van der Waals surface area contributed by atoms with Crippen molar-refractivity contribution in [3.05, 3.63) is 47.8 Å². The van der Waals surface area contributed by atoms with Crippen LogP contribution >= 0.6 is 11.8 Å². The predicted octanol–water partition coefficient (Wildman–Crippen LogP) is 3.72. The first kappa shape index (κ1) is 14.5. The molecule has 0 aliphatic rings. The fourth-order valence-electron chi connectivity index (χ4n) is 1.69. The molecule has 0 radical (unpaired) electrons. The van der Waals surface area contributed by atoms with Crippen molar-refractivity contribution in [2.75, 3.05) is 20.0 Å². The smallest absolute Gasteiger partial charge is 0.130 e. The lowest BCUT2D eigenvalue weighted by Gasteiger charge is -2.09. The van der Waals surface area contributed by atoms with Gasteiger partial charge in [-0.05, 0) is 29.8 Å². The van der Waals surface area contributed by atoms with E-state index in [0.717, 1.165) is 10.6 Å². The minimum Gasteiger partial charge on any atom is -0.497 e. The van der Waals surface area contributed by atoms with Crippen molar-refractivity contribution in [3.8, 4) is 11.5 Å². The largest absolute Gasteiger partial charge is 0.497 e. The van der Waals surface area contributed by atoms with Crippen molar-refractivity contribution >= 4 is 17.4 Å². The van der Waals surface area contributed by atoms with Crippen LogP contribution in [0.1, 0.15) is 5.56 Å². The summed E-state index contributed by atoms with van der Waals surface area (Å²) in [5, 5.41) is 0. The summed E-state index contributed by atoms with van der Waals surface area (Å²) in [7, 11) is 3.11. The van der Waals surface area contributed by atoms with Gasteiger partial charge in [-0.15, -0.1) is 11.8 Å². The van der Waals surface area contributed by atoms with Gasteiger partial charge in [0, 0.05) is 22.4 Å². The number of nitrogens with two attached hydrogens (primary N) is 1. The first-order chi connectivity index (χ1) is 9.63. The third-order valence-electron chi connectivity index (χ3n) is 2.86. The van der Waals surface area contributed by atoms with Gasteiger partial charge in [-0.1, -0.05) is 6.07 Å². The fraction of sp³-hybridized carbons (Fsp3) is 0.200. The lowest BCUT2D eigenvalue weighted by molar-refractivity contribution is 0.411. The molecule has 0 fully saturated rings. The Balaban J connectivity index is 2.12. The number of benzene rings is 2. The molecule has 0 aliphatic carbocycles. The molecule has 0 heterocycles. The van der Waals surface area contributed by atoms with Crippen molar-refractivity contribution in [2.24, 2.45) is 0 Å². The van der Waals surface area contributed by atoms with Crippen LogP contribution in [-0.2, 0) is 5.75 Å². The maximum Gasteiger partial charge on any atom is 0.130 e. The predicted molar refractivity (Wildman–Crippen MR) is 79.9 cm³/mol. The third kappa shape index (κ3) is 3.36. The highest BCUT2D eigenvalue weighted by Gasteiger charge is 2.07. The SMILES string of the molecule is COc1ccc(CSc2cc(OC)ccc2N)c(F)c1. The topological polar surface area (TPSA) is 44.5 Å². The Kier molecular flexibility index (Phi) is 4.74. The van der Waals surface area contributed by atoms with Crippen LogP contribution in [0, 0.1) is 5.82 Å². The van der Waals surface area contributed by atoms with E-state index in [-0.39, 0.29) is 5.82 Å². The van der Waals surface area contributed by atoms with Gasteiger partial charge in [0.1, 0.15) is 17.3 Å². The number of halogens is 1. The molecular formula is C15H16FNO2S. The van der Waals surface area contributed by atoms with Crippen molar-refractivity contribution in [1.82, 2.24) is 0 Å². The summed E-state index contributed by atoms with van der Waals surface area (Å²) >= 11 is 1.47. The number of hydrogen-bond donors (Lipinski definition) is 1. The van der Waals surface area contributed by atoms with E-state index >= 15 is 0 Å². The molecule has 20 heavy (non-hydrogen) atoms. The molecule has 0 amide bonds. The van der Waals surface area contributed by atoms with Gasteiger partial charge in [0.2, 0.25) is 0 Å². The molecule has 0 bridgehead atoms. The van der Waals surface area contributed by atoms with E-state index < -0.39 is 0 Å². The summed E-state index contributed by atoms with van der Waals surface area (Å²) in [4.78, 5) is 0.875. The quantitative estimate of drug-likeness (QED) is 0.674. The standard InChI is InChI=1S/C15H16FNO2S/c1-18-11-4-3-10(13(16)7-11)9-20-15-8-12(19-2)5-6-14(15)17/h3-8H,9,17H2,1-2H3. The van der Waals surface area contributed by atoms with Crippen molar-refractivity contribution in [2.45, 2.75) is 10.6 Å². The number of rotatable bonds is 5. The minimum atomic E-state index is -0.279. The average molecular weight is 293 g/mol. The van der Waals surface area contributed by atoms with Gasteiger partial charge in [-0.2, -0.15) is 0 Å². The van der Waals surface area contributed by atoms with Crippen LogP contribution in [0.3, 0.4) is 0 Å². The average Bonchev–Trinajstić information content (AvgIpc) is 2.47. The normalized spacial score (nSPS) is 10.3. The molecule has 0 saturated heterocycles. The number of nitrogen functional groups attached to an aromatic ring is 1. The van der Waals surface area contributed by atoms with Gasteiger partial charge in [0.05, 0.1) is 14.2 Å². The highest BCUT2D eigenvalue weighted by molar-refractivity contribution is 7.98. The second kappa shape index (κ2) is 6.52. The molecule has 2 N–H and O–H groups in total. The number of methoxy groups -OCH3 is 2. The van der Waals surface area contributed by atoms with E-state index in [0.29, 0.717) is 22.8 Å². The van der Waals surface area contributed by atoms with Crippen LogP contribution in [0.15, 0.2) is 41.3 Å². The summed E-state index contributed by atoms with van der Waals surface area (Å²) in [5.41, 5.74) is 7.17. The van der Waals surface area contributed by atoms with Gasteiger partial charge < -0.3 is 15.2 Å². The number of ether oxygens (including phenoxy) is 2. The van der Waals surface area contributed by atoms with E-state index in [4.69, 9.17) is 15.2 Å². The molecule has 5 heteroatoms. The number of thioether (sulfide) groups is 1. The van der Waals surface area contributed by atoms with Crippen molar-refractivity contribution < 1.29 is 13.9 Å². The summed E-state index contributed by atoms with van der Waals surface area (Å²) < 4.78 is 24.0. The highest BCUT2D eigenvalue weighted by atomic mass is 32.2. The van der Waals surface area contributed by atoms with Gasteiger partial charge in [0.15, 0.2) is 0 Å². The van der Waals surface area contributed by atoms with Crippen LogP contribution in [-0.4, -0.2) is 14.2 Å². The molecule has 0 aliphatic heterocycles. The van der Waals surface area contributed by atoms with Gasteiger partial charge in [-0.25, -0.2) is 4.39 Å². The van der Waals surface area contributed by atoms with Gasteiger partial charge in [0.25, 0.3) is 0 Å². The van der Waals surface area contributed by atoms with Crippen molar-refractivity contribution in [3.63, 3.8) is 0 Å². The highest BCUT2D eigenvalue weighted by Crippen LogP contribution is 2.32.